The first-order chi connectivity index (χ1) is 8.72. The standard InChI is InChI=1S/C15H14FNO/c1-11(12-7-3-4-8-13(12)16)17-14-9-5-6-10-15(14)18-2/h3-10H,1-2H3. The molecule has 0 bridgehead atoms. The molecule has 0 saturated heterocycles. The molecule has 2 rings (SSSR count). The maximum Gasteiger partial charge on any atom is 0.144 e. The van der Waals surface area contributed by atoms with Gasteiger partial charge in [0.15, 0.2) is 0 Å². The number of hydrogen-bond acceptors (Lipinski definition) is 2. The molecule has 0 aromatic heterocycles. The predicted octanol–water partition coefficient (Wildman–Crippen LogP) is 3.98. The van der Waals surface area contributed by atoms with Gasteiger partial charge in [-0.3, -0.25) is 0 Å². The number of methoxy groups -OCH3 is 1. The second-order valence-corrected chi connectivity index (χ2v) is 3.85. The Morgan fingerprint density at radius 1 is 1.06 bits per heavy atom. The maximum absolute atomic E-state index is 13.6. The summed E-state index contributed by atoms with van der Waals surface area (Å²) in [7, 11) is 1.59. The second-order valence-electron chi connectivity index (χ2n) is 3.85. The smallest absolute Gasteiger partial charge is 0.144 e. The van der Waals surface area contributed by atoms with E-state index in [0.29, 0.717) is 22.7 Å². The predicted molar refractivity (Wildman–Crippen MR) is 71.3 cm³/mol. The summed E-state index contributed by atoms with van der Waals surface area (Å²) in [5.74, 6) is 0.404. The summed E-state index contributed by atoms with van der Waals surface area (Å²) in [4.78, 5) is 4.41. The van der Waals surface area contributed by atoms with Gasteiger partial charge in [-0.1, -0.05) is 30.3 Å². The summed E-state index contributed by atoms with van der Waals surface area (Å²) in [6.07, 6.45) is 0. The van der Waals surface area contributed by atoms with E-state index in [9.17, 15) is 4.39 Å². The summed E-state index contributed by atoms with van der Waals surface area (Å²) in [5, 5.41) is 0. The van der Waals surface area contributed by atoms with E-state index in [-0.39, 0.29) is 5.82 Å². The molecular formula is C15H14FNO. The Balaban J connectivity index is 2.42. The van der Waals surface area contributed by atoms with Gasteiger partial charge in [0.05, 0.1) is 7.11 Å². The van der Waals surface area contributed by atoms with Gasteiger partial charge in [0.2, 0.25) is 0 Å². The van der Waals surface area contributed by atoms with Gasteiger partial charge in [-0.05, 0) is 25.1 Å². The minimum atomic E-state index is -0.270. The van der Waals surface area contributed by atoms with Crippen LogP contribution in [0.1, 0.15) is 12.5 Å². The van der Waals surface area contributed by atoms with Gasteiger partial charge < -0.3 is 4.74 Å². The summed E-state index contributed by atoms with van der Waals surface area (Å²) in [6.45, 7) is 1.78. The van der Waals surface area contributed by atoms with Crippen LogP contribution in [0.4, 0.5) is 10.1 Å². The highest BCUT2D eigenvalue weighted by Crippen LogP contribution is 2.27. The average molecular weight is 243 g/mol. The molecule has 0 amide bonds. The van der Waals surface area contributed by atoms with Crippen LogP contribution in [0.15, 0.2) is 53.5 Å². The molecular weight excluding hydrogens is 229 g/mol. The fourth-order valence-corrected chi connectivity index (χ4v) is 1.72. The molecule has 0 fully saturated rings. The molecule has 2 aromatic carbocycles. The van der Waals surface area contributed by atoms with Gasteiger partial charge in [-0.15, -0.1) is 0 Å². The van der Waals surface area contributed by atoms with Crippen molar-refractivity contribution in [2.45, 2.75) is 6.92 Å². The van der Waals surface area contributed by atoms with Crippen LogP contribution in [-0.2, 0) is 0 Å². The van der Waals surface area contributed by atoms with Crippen molar-refractivity contribution in [3.8, 4) is 5.75 Å². The molecule has 0 unspecified atom stereocenters. The molecule has 18 heavy (non-hydrogen) atoms. The molecule has 3 heteroatoms. The second kappa shape index (κ2) is 5.45. The van der Waals surface area contributed by atoms with Crippen LogP contribution in [0.3, 0.4) is 0 Å². The van der Waals surface area contributed by atoms with Crippen LogP contribution in [-0.4, -0.2) is 12.8 Å². The van der Waals surface area contributed by atoms with E-state index in [0.717, 1.165) is 0 Å². The van der Waals surface area contributed by atoms with Gasteiger partial charge in [-0.25, -0.2) is 9.38 Å². The zero-order chi connectivity index (χ0) is 13.0. The van der Waals surface area contributed by atoms with Crippen LogP contribution in [0.2, 0.25) is 0 Å². The van der Waals surface area contributed by atoms with Crippen molar-refractivity contribution in [1.29, 1.82) is 0 Å². The Morgan fingerprint density at radius 3 is 2.44 bits per heavy atom. The average Bonchev–Trinajstić information content (AvgIpc) is 2.39. The van der Waals surface area contributed by atoms with E-state index < -0.39 is 0 Å². The summed E-state index contributed by atoms with van der Waals surface area (Å²) >= 11 is 0. The largest absolute Gasteiger partial charge is 0.494 e. The van der Waals surface area contributed by atoms with E-state index in [2.05, 4.69) is 4.99 Å². The number of hydrogen-bond donors (Lipinski definition) is 0. The first kappa shape index (κ1) is 12.3. The molecule has 2 aromatic rings. The van der Waals surface area contributed by atoms with E-state index in [4.69, 9.17) is 4.74 Å². The quantitative estimate of drug-likeness (QED) is 0.747. The molecule has 0 atom stereocenters. The first-order valence-electron chi connectivity index (χ1n) is 5.65. The Kier molecular flexibility index (Phi) is 3.72. The lowest BCUT2D eigenvalue weighted by molar-refractivity contribution is 0.416. The SMILES string of the molecule is COc1ccccc1N=C(C)c1ccccc1F. The number of ether oxygens (including phenoxy) is 1. The molecule has 0 saturated carbocycles. The Labute approximate surface area is 106 Å². The minimum absolute atomic E-state index is 0.270. The van der Waals surface area contributed by atoms with Crippen LogP contribution in [0.25, 0.3) is 0 Å². The fourth-order valence-electron chi connectivity index (χ4n) is 1.72. The Bertz CT molecular complexity index is 578. The molecule has 0 aliphatic rings. The van der Waals surface area contributed by atoms with Crippen LogP contribution < -0.4 is 4.74 Å². The third kappa shape index (κ3) is 2.56. The van der Waals surface area contributed by atoms with Crippen molar-refractivity contribution in [2.75, 3.05) is 7.11 Å². The number of nitrogens with zero attached hydrogens (tertiary/aromatic N) is 1. The lowest BCUT2D eigenvalue weighted by Gasteiger charge is -2.06. The number of rotatable bonds is 3. The molecule has 2 nitrogen and oxygen atoms in total. The zero-order valence-electron chi connectivity index (χ0n) is 10.4. The maximum atomic E-state index is 13.6. The Morgan fingerprint density at radius 2 is 1.72 bits per heavy atom. The molecule has 0 radical (unpaired) electrons. The van der Waals surface area contributed by atoms with Crippen molar-refractivity contribution in [3.63, 3.8) is 0 Å². The number of aliphatic imine (C=N–C) groups is 1. The van der Waals surface area contributed by atoms with E-state index in [1.165, 1.54) is 6.07 Å². The molecule has 0 N–H and O–H groups in total. The highest BCUT2D eigenvalue weighted by Gasteiger charge is 2.06. The molecule has 0 heterocycles. The van der Waals surface area contributed by atoms with Gasteiger partial charge in [0.25, 0.3) is 0 Å². The van der Waals surface area contributed by atoms with Crippen molar-refractivity contribution >= 4 is 11.4 Å². The zero-order valence-corrected chi connectivity index (χ0v) is 10.4. The minimum Gasteiger partial charge on any atom is -0.494 e. The van der Waals surface area contributed by atoms with E-state index >= 15 is 0 Å². The van der Waals surface area contributed by atoms with E-state index in [1.807, 2.05) is 24.3 Å². The number of para-hydroxylation sites is 2. The van der Waals surface area contributed by atoms with Crippen molar-refractivity contribution in [1.82, 2.24) is 0 Å². The van der Waals surface area contributed by atoms with Crippen molar-refractivity contribution in [2.24, 2.45) is 4.99 Å². The van der Waals surface area contributed by atoms with Gasteiger partial charge in [0, 0.05) is 11.3 Å². The Hall–Kier alpha value is -2.16. The summed E-state index contributed by atoms with van der Waals surface area (Å²) < 4.78 is 18.8. The van der Waals surface area contributed by atoms with E-state index in [1.54, 1.807) is 32.2 Å². The third-order valence-corrected chi connectivity index (χ3v) is 2.64. The van der Waals surface area contributed by atoms with Crippen LogP contribution in [0.5, 0.6) is 5.75 Å². The normalized spacial score (nSPS) is 11.4. The van der Waals surface area contributed by atoms with Crippen LogP contribution in [0, 0.1) is 5.82 Å². The molecule has 0 aliphatic carbocycles. The lowest BCUT2D eigenvalue weighted by Crippen LogP contribution is -1.98. The number of benzene rings is 2. The summed E-state index contributed by atoms with van der Waals surface area (Å²) in [5.41, 5.74) is 1.82. The molecule has 0 aliphatic heterocycles. The highest BCUT2D eigenvalue weighted by molar-refractivity contribution is 6.00. The lowest BCUT2D eigenvalue weighted by atomic mass is 10.1. The molecule has 92 valence electrons. The summed E-state index contributed by atoms with van der Waals surface area (Å²) in [6, 6.07) is 14.0. The monoisotopic (exact) mass is 243 g/mol. The highest BCUT2D eigenvalue weighted by atomic mass is 19.1. The topological polar surface area (TPSA) is 21.6 Å². The van der Waals surface area contributed by atoms with Crippen molar-refractivity contribution < 1.29 is 9.13 Å². The first-order valence-corrected chi connectivity index (χ1v) is 5.65. The molecule has 0 spiro atoms. The van der Waals surface area contributed by atoms with Crippen molar-refractivity contribution in [3.05, 3.63) is 59.9 Å². The van der Waals surface area contributed by atoms with Gasteiger partial charge in [-0.2, -0.15) is 0 Å². The number of halogens is 1. The third-order valence-electron chi connectivity index (χ3n) is 2.64. The van der Waals surface area contributed by atoms with Gasteiger partial charge >= 0.3 is 0 Å². The van der Waals surface area contributed by atoms with Crippen LogP contribution >= 0.6 is 0 Å². The van der Waals surface area contributed by atoms with Gasteiger partial charge in [0.1, 0.15) is 17.3 Å². The fraction of sp³-hybridized carbons (Fsp3) is 0.133.